The van der Waals surface area contributed by atoms with Gasteiger partial charge in [-0.15, -0.1) is 0 Å². The Morgan fingerprint density at radius 3 is 2.81 bits per heavy atom. The molecule has 5 heteroatoms. The molecule has 1 atom stereocenters. The molecule has 0 bridgehead atoms. The van der Waals surface area contributed by atoms with E-state index in [4.69, 9.17) is 26.8 Å². The lowest BCUT2D eigenvalue weighted by Gasteiger charge is -2.16. The molecule has 16 heavy (non-hydrogen) atoms. The number of hydrogen-bond donors (Lipinski definition) is 1. The van der Waals surface area contributed by atoms with Gasteiger partial charge in [0, 0.05) is 12.7 Å². The average Bonchev–Trinajstić information content (AvgIpc) is 2.23. The number of benzene rings is 1. The van der Waals surface area contributed by atoms with Crippen molar-refractivity contribution in [2.45, 2.75) is 20.0 Å². The summed E-state index contributed by atoms with van der Waals surface area (Å²) < 4.78 is 23.8. The zero-order valence-corrected chi connectivity index (χ0v) is 10.1. The molecule has 2 N–H and O–H groups in total. The van der Waals surface area contributed by atoms with Gasteiger partial charge in [0.05, 0.1) is 17.3 Å². The maximum absolute atomic E-state index is 13.2. The fourth-order valence-corrected chi connectivity index (χ4v) is 1.35. The van der Waals surface area contributed by atoms with E-state index in [-0.39, 0.29) is 16.9 Å². The molecule has 3 nitrogen and oxygen atoms in total. The van der Waals surface area contributed by atoms with Crippen molar-refractivity contribution in [3.63, 3.8) is 0 Å². The molecule has 0 fully saturated rings. The Labute approximate surface area is 99.3 Å². The SMILES string of the molecule is CCOCC(C)Oc1cc(F)c(Cl)cc1N. The van der Waals surface area contributed by atoms with Crippen LogP contribution in [0.1, 0.15) is 13.8 Å². The molecule has 90 valence electrons. The molecule has 0 saturated heterocycles. The summed E-state index contributed by atoms with van der Waals surface area (Å²) in [5.41, 5.74) is 5.96. The number of ether oxygens (including phenoxy) is 2. The monoisotopic (exact) mass is 247 g/mol. The van der Waals surface area contributed by atoms with Crippen LogP contribution in [0.5, 0.6) is 5.75 Å². The number of nitrogens with two attached hydrogens (primary N) is 1. The highest BCUT2D eigenvalue weighted by Crippen LogP contribution is 2.28. The summed E-state index contributed by atoms with van der Waals surface area (Å²) in [4.78, 5) is 0. The lowest BCUT2D eigenvalue weighted by atomic mass is 10.3. The highest BCUT2D eigenvalue weighted by molar-refractivity contribution is 6.31. The third-order valence-corrected chi connectivity index (χ3v) is 2.23. The van der Waals surface area contributed by atoms with Crippen molar-refractivity contribution in [1.29, 1.82) is 0 Å². The predicted molar refractivity (Wildman–Crippen MR) is 62.4 cm³/mol. The Balaban J connectivity index is 2.69. The minimum Gasteiger partial charge on any atom is -0.486 e. The first-order chi connectivity index (χ1) is 7.54. The van der Waals surface area contributed by atoms with E-state index in [2.05, 4.69) is 0 Å². The van der Waals surface area contributed by atoms with Crippen molar-refractivity contribution in [3.8, 4) is 5.75 Å². The van der Waals surface area contributed by atoms with Gasteiger partial charge < -0.3 is 15.2 Å². The molecule has 0 heterocycles. The lowest BCUT2D eigenvalue weighted by molar-refractivity contribution is 0.0659. The molecule has 0 aliphatic heterocycles. The predicted octanol–water partition coefficient (Wildman–Crippen LogP) is 2.87. The fourth-order valence-electron chi connectivity index (χ4n) is 1.18. The van der Waals surface area contributed by atoms with Crippen molar-refractivity contribution in [3.05, 3.63) is 23.0 Å². The standard InChI is InChI=1S/C11H15ClFNO2/c1-3-15-6-7(2)16-11-5-9(13)8(12)4-10(11)14/h4-5,7H,3,6,14H2,1-2H3. The highest BCUT2D eigenvalue weighted by Gasteiger charge is 2.10. The van der Waals surface area contributed by atoms with Crippen LogP contribution in [-0.2, 0) is 4.74 Å². The van der Waals surface area contributed by atoms with Crippen molar-refractivity contribution >= 4 is 17.3 Å². The number of nitrogen functional groups attached to an aromatic ring is 1. The third-order valence-electron chi connectivity index (χ3n) is 1.94. The Hall–Kier alpha value is -1.00. The second-order valence-electron chi connectivity index (χ2n) is 3.39. The Bertz CT molecular complexity index is 360. The maximum Gasteiger partial charge on any atom is 0.145 e. The number of halogens is 2. The van der Waals surface area contributed by atoms with Gasteiger partial charge in [-0.1, -0.05) is 11.6 Å². The quantitative estimate of drug-likeness (QED) is 0.814. The molecule has 1 aromatic rings. The number of rotatable bonds is 5. The van der Waals surface area contributed by atoms with Gasteiger partial charge >= 0.3 is 0 Å². The van der Waals surface area contributed by atoms with Gasteiger partial charge in [0.2, 0.25) is 0 Å². The molecule has 0 aromatic heterocycles. The van der Waals surface area contributed by atoms with Gasteiger partial charge in [-0.2, -0.15) is 0 Å². The van der Waals surface area contributed by atoms with Crippen molar-refractivity contribution in [2.24, 2.45) is 0 Å². The lowest BCUT2D eigenvalue weighted by Crippen LogP contribution is -2.19. The van der Waals surface area contributed by atoms with Crippen LogP contribution < -0.4 is 10.5 Å². The van der Waals surface area contributed by atoms with E-state index in [0.717, 1.165) is 0 Å². The van der Waals surface area contributed by atoms with E-state index in [1.807, 2.05) is 13.8 Å². The first-order valence-corrected chi connectivity index (χ1v) is 5.41. The smallest absolute Gasteiger partial charge is 0.145 e. The topological polar surface area (TPSA) is 44.5 Å². The van der Waals surface area contributed by atoms with Crippen LogP contribution in [0.4, 0.5) is 10.1 Å². The molecule has 0 radical (unpaired) electrons. The molecule has 0 saturated carbocycles. The van der Waals surface area contributed by atoms with Gasteiger partial charge in [-0.3, -0.25) is 0 Å². The van der Waals surface area contributed by atoms with Crippen LogP contribution in [0.3, 0.4) is 0 Å². The molecule has 0 aliphatic carbocycles. The maximum atomic E-state index is 13.2. The molecule has 0 spiro atoms. The first kappa shape index (κ1) is 13.1. The van der Waals surface area contributed by atoms with Crippen molar-refractivity contribution < 1.29 is 13.9 Å². The molecule has 1 aromatic carbocycles. The molecular formula is C11H15ClFNO2. The summed E-state index contributed by atoms with van der Waals surface area (Å²) in [5.74, 6) is -0.261. The third kappa shape index (κ3) is 3.54. The van der Waals surface area contributed by atoms with E-state index in [1.165, 1.54) is 12.1 Å². The van der Waals surface area contributed by atoms with Crippen LogP contribution in [0.15, 0.2) is 12.1 Å². The summed E-state index contributed by atoms with van der Waals surface area (Å²) >= 11 is 5.57. The second-order valence-corrected chi connectivity index (χ2v) is 3.80. The fraction of sp³-hybridized carbons (Fsp3) is 0.455. The van der Waals surface area contributed by atoms with Crippen LogP contribution in [0.25, 0.3) is 0 Å². The molecule has 1 rings (SSSR count). The van der Waals surface area contributed by atoms with Crippen LogP contribution in [0, 0.1) is 5.82 Å². The normalized spacial score (nSPS) is 12.5. The first-order valence-electron chi connectivity index (χ1n) is 5.03. The van der Waals surface area contributed by atoms with Crippen molar-refractivity contribution in [2.75, 3.05) is 18.9 Å². The number of anilines is 1. The van der Waals surface area contributed by atoms with E-state index < -0.39 is 5.82 Å². The minimum atomic E-state index is -0.547. The molecule has 0 aliphatic rings. The average molecular weight is 248 g/mol. The Morgan fingerprint density at radius 2 is 2.19 bits per heavy atom. The van der Waals surface area contributed by atoms with Gasteiger partial charge in [-0.05, 0) is 19.9 Å². The summed E-state index contributed by atoms with van der Waals surface area (Å²) in [6.45, 7) is 4.75. The van der Waals surface area contributed by atoms with E-state index >= 15 is 0 Å². The van der Waals surface area contributed by atoms with E-state index in [0.29, 0.717) is 18.9 Å². The summed E-state index contributed by atoms with van der Waals surface area (Å²) in [6, 6.07) is 2.51. The van der Waals surface area contributed by atoms with Gasteiger partial charge in [0.25, 0.3) is 0 Å². The van der Waals surface area contributed by atoms with Crippen LogP contribution in [0.2, 0.25) is 5.02 Å². The van der Waals surface area contributed by atoms with Crippen molar-refractivity contribution in [1.82, 2.24) is 0 Å². The van der Waals surface area contributed by atoms with Gasteiger partial charge in [0.1, 0.15) is 17.7 Å². The Kier molecular flexibility index (Phi) is 4.83. The highest BCUT2D eigenvalue weighted by atomic mass is 35.5. The summed E-state index contributed by atoms with van der Waals surface area (Å²) in [6.07, 6.45) is -0.192. The molecular weight excluding hydrogens is 233 g/mol. The number of hydrogen-bond acceptors (Lipinski definition) is 3. The Morgan fingerprint density at radius 1 is 1.50 bits per heavy atom. The van der Waals surface area contributed by atoms with Crippen LogP contribution in [-0.4, -0.2) is 19.3 Å². The second kappa shape index (κ2) is 5.92. The van der Waals surface area contributed by atoms with E-state index in [1.54, 1.807) is 0 Å². The largest absolute Gasteiger partial charge is 0.486 e. The van der Waals surface area contributed by atoms with Gasteiger partial charge in [-0.25, -0.2) is 4.39 Å². The summed E-state index contributed by atoms with van der Waals surface area (Å²) in [5, 5.41) is -0.0117. The van der Waals surface area contributed by atoms with Crippen LogP contribution >= 0.6 is 11.6 Å². The van der Waals surface area contributed by atoms with Gasteiger partial charge in [0.15, 0.2) is 0 Å². The zero-order valence-electron chi connectivity index (χ0n) is 9.30. The van der Waals surface area contributed by atoms with E-state index in [9.17, 15) is 4.39 Å². The molecule has 1 unspecified atom stereocenters. The zero-order chi connectivity index (χ0) is 12.1. The minimum absolute atomic E-state index is 0.0117. The molecule has 0 amide bonds. The summed E-state index contributed by atoms with van der Waals surface area (Å²) in [7, 11) is 0.